The van der Waals surface area contributed by atoms with Crippen LogP contribution in [0.15, 0.2) is 115 Å². The minimum Gasteiger partial charge on any atom is -0.423 e. The van der Waals surface area contributed by atoms with Gasteiger partial charge in [-0.2, -0.15) is 0 Å². The second-order valence-corrected chi connectivity index (χ2v) is 13.1. The van der Waals surface area contributed by atoms with E-state index < -0.39 is 11.9 Å². The molecule has 0 radical (unpaired) electrons. The number of rotatable bonds is 15. The zero-order valence-corrected chi connectivity index (χ0v) is 29.5. The molecule has 4 aromatic carbocycles. The maximum Gasteiger partial charge on any atom is 0.341 e. The lowest BCUT2D eigenvalue weighted by Crippen LogP contribution is -2.13. The molecule has 0 aliphatic heterocycles. The number of esters is 2. The molecule has 0 unspecified atom stereocenters. The van der Waals surface area contributed by atoms with Gasteiger partial charge in [0.15, 0.2) is 0 Å². The third-order valence-electron chi connectivity index (χ3n) is 9.51. The van der Waals surface area contributed by atoms with Gasteiger partial charge in [0.1, 0.15) is 11.5 Å². The van der Waals surface area contributed by atoms with E-state index in [4.69, 9.17) is 18.9 Å². The molecule has 6 heteroatoms. The number of benzene rings is 4. The Balaban J connectivity index is 1.41. The summed E-state index contributed by atoms with van der Waals surface area (Å²) in [7, 11) is 3.02. The van der Waals surface area contributed by atoms with Crippen molar-refractivity contribution in [2.45, 2.75) is 57.8 Å². The van der Waals surface area contributed by atoms with E-state index in [2.05, 4.69) is 62.5 Å². The Bertz CT molecular complexity index is 1760. The summed E-state index contributed by atoms with van der Waals surface area (Å²) < 4.78 is 21.0. The highest BCUT2D eigenvalue weighted by molar-refractivity contribution is 5.91. The zero-order chi connectivity index (χ0) is 35.5. The number of hydrogen-bond donors (Lipinski definition) is 0. The fourth-order valence-electron chi connectivity index (χ4n) is 6.67. The summed E-state index contributed by atoms with van der Waals surface area (Å²) in [5.41, 5.74) is 8.20. The van der Waals surface area contributed by atoms with Crippen LogP contribution in [0.5, 0.6) is 11.5 Å². The first-order valence-corrected chi connectivity index (χ1v) is 17.5. The lowest BCUT2D eigenvalue weighted by atomic mass is 9.77. The number of unbranched alkanes of at least 4 members (excludes halogenated alkanes) is 1. The lowest BCUT2D eigenvalue weighted by molar-refractivity contribution is -0.131. The van der Waals surface area contributed by atoms with E-state index in [1.54, 1.807) is 24.3 Å². The van der Waals surface area contributed by atoms with Gasteiger partial charge >= 0.3 is 11.9 Å². The van der Waals surface area contributed by atoms with Crippen molar-refractivity contribution >= 4 is 11.9 Å². The van der Waals surface area contributed by atoms with Gasteiger partial charge in [-0.25, -0.2) is 9.59 Å². The highest BCUT2D eigenvalue weighted by atomic mass is 16.5. The van der Waals surface area contributed by atoms with Crippen LogP contribution in [-0.4, -0.2) is 39.4 Å². The fourth-order valence-corrected chi connectivity index (χ4v) is 6.67. The Hall–Kier alpha value is -4.78. The molecule has 5 rings (SSSR count). The van der Waals surface area contributed by atoms with Gasteiger partial charge in [0.25, 0.3) is 0 Å². The van der Waals surface area contributed by atoms with Gasteiger partial charge in [0.2, 0.25) is 0 Å². The summed E-state index contributed by atoms with van der Waals surface area (Å²) in [6, 6.07) is 30.5. The van der Waals surface area contributed by atoms with Gasteiger partial charge in [0.05, 0.1) is 24.4 Å². The van der Waals surface area contributed by atoms with Crippen LogP contribution >= 0.6 is 0 Å². The third kappa shape index (κ3) is 9.46. The first-order valence-electron chi connectivity index (χ1n) is 17.5. The molecule has 0 aromatic heterocycles. The monoisotopic (exact) mass is 672 g/mol. The number of carbonyl (C=O) groups excluding carboxylic acids is 2. The number of carbonyl (C=O) groups is 2. The van der Waals surface area contributed by atoms with Crippen LogP contribution in [0, 0.1) is 5.92 Å². The van der Waals surface area contributed by atoms with Gasteiger partial charge < -0.3 is 18.9 Å². The van der Waals surface area contributed by atoms with Crippen LogP contribution in [0.3, 0.4) is 0 Å². The molecule has 0 bridgehead atoms. The van der Waals surface area contributed by atoms with Crippen molar-refractivity contribution in [1.82, 2.24) is 0 Å². The Kier molecular flexibility index (Phi) is 13.0. The van der Waals surface area contributed by atoms with Crippen LogP contribution in [0.2, 0.25) is 0 Å². The average Bonchev–Trinajstić information content (AvgIpc) is 3.15. The van der Waals surface area contributed by atoms with E-state index in [9.17, 15) is 9.59 Å². The highest BCUT2D eigenvalue weighted by Gasteiger charge is 2.22. The van der Waals surface area contributed by atoms with Crippen LogP contribution in [-0.2, 0) is 19.1 Å². The van der Waals surface area contributed by atoms with E-state index in [1.807, 2.05) is 24.3 Å². The number of hydrogen-bond acceptors (Lipinski definition) is 6. The van der Waals surface area contributed by atoms with Crippen LogP contribution in [0.1, 0.15) is 63.4 Å². The largest absolute Gasteiger partial charge is 0.423 e. The van der Waals surface area contributed by atoms with Crippen molar-refractivity contribution < 1.29 is 28.5 Å². The average molecular weight is 673 g/mol. The van der Waals surface area contributed by atoms with E-state index in [0.29, 0.717) is 17.4 Å². The van der Waals surface area contributed by atoms with Crippen molar-refractivity contribution in [3.05, 3.63) is 121 Å². The summed E-state index contributed by atoms with van der Waals surface area (Å²) in [6.07, 6.45) is 9.15. The molecule has 260 valence electrons. The molecular formula is C44H48O6. The van der Waals surface area contributed by atoms with Crippen molar-refractivity contribution in [2.75, 3.05) is 27.4 Å². The highest BCUT2D eigenvalue weighted by Crippen LogP contribution is 2.40. The summed E-state index contributed by atoms with van der Waals surface area (Å²) in [5, 5.41) is 0. The van der Waals surface area contributed by atoms with Crippen LogP contribution in [0.4, 0.5) is 0 Å². The van der Waals surface area contributed by atoms with Crippen molar-refractivity contribution in [1.29, 1.82) is 0 Å². The molecule has 1 aliphatic carbocycles. The molecule has 0 amide bonds. The summed E-state index contributed by atoms with van der Waals surface area (Å²) >= 11 is 0. The first kappa shape index (κ1) is 36.5. The SMILES string of the molecule is C=C(COC)C(=O)Oc1ccc(-c2ccc(-c3ccc(OC(=O)C(=C)COC)cc3)c(-c3ccc(C4CCC(CCCC)CC4)cc3)c2)cc1. The maximum atomic E-state index is 12.4. The summed E-state index contributed by atoms with van der Waals surface area (Å²) in [6.45, 7) is 9.97. The minimum atomic E-state index is -0.514. The molecule has 0 heterocycles. The standard InChI is InChI=1S/C44H48O6/c1-6-7-8-32-9-11-33(12-10-32)34-13-15-37(16-14-34)42-27-38(35-17-22-39(23-18-35)49-43(45)30(2)28-47-4)21-26-41(42)36-19-24-40(25-20-36)50-44(46)31(3)29-48-5/h13-27,32-33H,2-3,6-12,28-29H2,1,4-5H3. The van der Waals surface area contributed by atoms with Crippen molar-refractivity contribution in [3.63, 3.8) is 0 Å². The van der Waals surface area contributed by atoms with E-state index in [1.165, 1.54) is 64.7 Å². The fraction of sp³-hybridized carbons (Fsp3) is 0.318. The molecular weight excluding hydrogens is 624 g/mol. The third-order valence-corrected chi connectivity index (χ3v) is 9.51. The lowest BCUT2D eigenvalue weighted by Gasteiger charge is -2.29. The van der Waals surface area contributed by atoms with Gasteiger partial charge in [0, 0.05) is 14.2 Å². The summed E-state index contributed by atoms with van der Waals surface area (Å²) in [4.78, 5) is 24.7. The molecule has 0 N–H and O–H groups in total. The van der Waals surface area contributed by atoms with Crippen LogP contribution < -0.4 is 9.47 Å². The Labute approximate surface area is 296 Å². The second-order valence-electron chi connectivity index (χ2n) is 13.1. The topological polar surface area (TPSA) is 71.1 Å². The molecule has 4 aromatic rings. The Morgan fingerprint density at radius 2 is 1.10 bits per heavy atom. The quantitative estimate of drug-likeness (QED) is 0.0711. The number of methoxy groups -OCH3 is 2. The predicted octanol–water partition coefficient (Wildman–Crippen LogP) is 10.4. The first-order chi connectivity index (χ1) is 24.3. The van der Waals surface area contributed by atoms with Crippen molar-refractivity contribution in [3.8, 4) is 44.9 Å². The molecule has 1 fully saturated rings. The van der Waals surface area contributed by atoms with E-state index >= 15 is 0 Å². The molecule has 0 spiro atoms. The second kappa shape index (κ2) is 17.7. The molecule has 1 saturated carbocycles. The maximum absolute atomic E-state index is 12.4. The van der Waals surface area contributed by atoms with E-state index in [0.717, 1.165) is 39.3 Å². The molecule has 0 atom stereocenters. The predicted molar refractivity (Wildman–Crippen MR) is 200 cm³/mol. The van der Waals surface area contributed by atoms with Gasteiger partial charge in [-0.1, -0.05) is 100 Å². The van der Waals surface area contributed by atoms with Crippen LogP contribution in [0.25, 0.3) is 33.4 Å². The van der Waals surface area contributed by atoms with Gasteiger partial charge in [-0.05, 0) is 107 Å². The molecule has 50 heavy (non-hydrogen) atoms. The zero-order valence-electron chi connectivity index (χ0n) is 29.5. The smallest absolute Gasteiger partial charge is 0.341 e. The van der Waals surface area contributed by atoms with Crippen molar-refractivity contribution in [2.24, 2.45) is 5.92 Å². The normalized spacial score (nSPS) is 15.7. The minimum absolute atomic E-state index is 0.115. The Morgan fingerprint density at radius 1 is 0.620 bits per heavy atom. The molecule has 6 nitrogen and oxygen atoms in total. The molecule has 1 aliphatic rings. The molecule has 0 saturated heterocycles. The number of ether oxygens (including phenoxy) is 4. The van der Waals surface area contributed by atoms with Gasteiger partial charge in [-0.3, -0.25) is 0 Å². The van der Waals surface area contributed by atoms with Gasteiger partial charge in [-0.15, -0.1) is 0 Å². The Morgan fingerprint density at radius 3 is 1.62 bits per heavy atom. The van der Waals surface area contributed by atoms with E-state index in [-0.39, 0.29) is 24.4 Å². The summed E-state index contributed by atoms with van der Waals surface area (Å²) in [5.74, 6) is 1.34.